The molecule has 324 valence electrons. The Morgan fingerprint density at radius 2 is 1.55 bits per heavy atom. The van der Waals surface area contributed by atoms with Gasteiger partial charge in [0.2, 0.25) is 23.6 Å². The van der Waals surface area contributed by atoms with Crippen molar-refractivity contribution in [2.24, 2.45) is 5.92 Å². The van der Waals surface area contributed by atoms with Crippen LogP contribution >= 0.6 is 11.3 Å². The molecule has 2 fully saturated rings. The number of hydrogen-bond acceptors (Lipinski definition) is 10. The molecule has 16 heteroatoms. The first kappa shape index (κ1) is 45.6. The van der Waals surface area contributed by atoms with Gasteiger partial charge in [-0.15, -0.1) is 0 Å². The van der Waals surface area contributed by atoms with Crippen molar-refractivity contribution in [2.45, 2.75) is 116 Å². The number of nitrogens with one attached hydrogen (secondary N) is 3. The average molecular weight is 846 g/mol. The van der Waals surface area contributed by atoms with Gasteiger partial charge in [-0.1, -0.05) is 91.3 Å². The van der Waals surface area contributed by atoms with Gasteiger partial charge in [0, 0.05) is 39.2 Å². The number of anilines is 2. The molecule has 1 aromatic heterocycles. The number of rotatable bonds is 15. The standard InChI is InChI=1S/C44H59N7O8S/c1-29(50(6)43(57)59-44(2,3)4)37(53)46-36(32-22-14-9-15-23-32)40(55)51-27-16-24-33(51)38(54)48-39-35(31-20-12-8-13-21-31)47-41(60-39)45-34(52)25-17-26-49(5)42(56)58-28-30-18-10-7-11-19-30/h7-8,10-13,18-21,29,32-33,36H,9,14-17,22-28H2,1-6H3,(H,46,53)(H,48,54)(H,45,47,52)/t29-,33-,36-/m0/s1. The van der Waals surface area contributed by atoms with Crippen LogP contribution in [0, 0.1) is 5.92 Å². The minimum Gasteiger partial charge on any atom is -0.445 e. The summed E-state index contributed by atoms with van der Waals surface area (Å²) in [7, 11) is 3.11. The number of carbonyl (C=O) groups is 6. The first-order chi connectivity index (χ1) is 28.6. The number of benzene rings is 2. The molecule has 15 nitrogen and oxygen atoms in total. The van der Waals surface area contributed by atoms with Crippen molar-refractivity contribution in [3.05, 3.63) is 66.2 Å². The second-order valence-corrected chi connectivity index (χ2v) is 17.5. The van der Waals surface area contributed by atoms with Crippen molar-refractivity contribution in [3.8, 4) is 11.3 Å². The molecule has 6 amide bonds. The van der Waals surface area contributed by atoms with Gasteiger partial charge in [-0.2, -0.15) is 0 Å². The monoisotopic (exact) mass is 845 g/mol. The van der Waals surface area contributed by atoms with Gasteiger partial charge in [-0.3, -0.25) is 24.1 Å². The minimum absolute atomic E-state index is 0.117. The Kier molecular flexibility index (Phi) is 16.1. The smallest absolute Gasteiger partial charge is 0.410 e. The number of thiazole rings is 1. The van der Waals surface area contributed by atoms with Crippen LogP contribution in [0.4, 0.5) is 19.7 Å². The summed E-state index contributed by atoms with van der Waals surface area (Å²) in [5, 5.41) is 9.53. The Morgan fingerprint density at radius 1 is 0.883 bits per heavy atom. The number of ether oxygens (including phenoxy) is 2. The molecule has 2 aliphatic rings. The molecule has 1 saturated carbocycles. The van der Waals surface area contributed by atoms with Crippen LogP contribution in [-0.4, -0.2) is 106 Å². The number of nitrogens with zero attached hydrogens (tertiary/aromatic N) is 4. The number of amides is 6. The van der Waals surface area contributed by atoms with Crippen LogP contribution in [0.25, 0.3) is 11.3 Å². The lowest BCUT2D eigenvalue weighted by Gasteiger charge is -2.36. The summed E-state index contributed by atoms with van der Waals surface area (Å²) in [6.07, 6.45) is 4.80. The molecule has 2 aromatic carbocycles. The van der Waals surface area contributed by atoms with E-state index in [1.54, 1.807) is 39.6 Å². The predicted octanol–water partition coefficient (Wildman–Crippen LogP) is 7.05. The van der Waals surface area contributed by atoms with Crippen molar-refractivity contribution in [3.63, 3.8) is 0 Å². The van der Waals surface area contributed by atoms with E-state index < -0.39 is 47.7 Å². The number of aromatic nitrogens is 1. The van der Waals surface area contributed by atoms with E-state index in [0.717, 1.165) is 54.6 Å². The predicted molar refractivity (Wildman–Crippen MR) is 230 cm³/mol. The fourth-order valence-electron chi connectivity index (χ4n) is 7.30. The number of carbonyl (C=O) groups excluding carboxylic acids is 6. The van der Waals surface area contributed by atoms with Gasteiger partial charge >= 0.3 is 12.2 Å². The molecule has 2 heterocycles. The van der Waals surface area contributed by atoms with Gasteiger partial charge in [0.05, 0.1) is 0 Å². The summed E-state index contributed by atoms with van der Waals surface area (Å²) in [5.74, 6) is -1.62. The Hall–Kier alpha value is -5.51. The van der Waals surface area contributed by atoms with Crippen LogP contribution in [-0.2, 0) is 35.3 Å². The van der Waals surface area contributed by atoms with Gasteiger partial charge < -0.3 is 35.2 Å². The lowest BCUT2D eigenvalue weighted by atomic mass is 9.83. The van der Waals surface area contributed by atoms with E-state index >= 15 is 0 Å². The lowest BCUT2D eigenvalue weighted by molar-refractivity contribution is -0.142. The van der Waals surface area contributed by atoms with E-state index in [4.69, 9.17) is 9.47 Å². The molecular formula is C44H59N7O8S. The SMILES string of the molecule is C[C@@H](C(=O)N[C@H](C(=O)N1CCC[C@H]1C(=O)Nc1sc(NC(=O)CCCN(C)C(=O)OCc2ccccc2)nc1-c1ccccc1)C1CCCCC1)N(C)C(=O)OC(C)(C)C. The number of likely N-dealkylation sites (tertiary alicyclic amines) is 1. The topological polar surface area (TPSA) is 180 Å². The maximum atomic E-state index is 14.5. The second kappa shape index (κ2) is 21.1. The highest BCUT2D eigenvalue weighted by atomic mass is 32.1. The molecule has 0 unspecified atom stereocenters. The lowest BCUT2D eigenvalue weighted by Crippen LogP contribution is -2.58. The Morgan fingerprint density at radius 3 is 2.22 bits per heavy atom. The van der Waals surface area contributed by atoms with E-state index in [0.29, 0.717) is 43.0 Å². The van der Waals surface area contributed by atoms with Crippen molar-refractivity contribution < 1.29 is 38.2 Å². The normalized spacial score (nSPS) is 16.6. The summed E-state index contributed by atoms with van der Waals surface area (Å²) in [6.45, 7) is 7.64. The van der Waals surface area contributed by atoms with Crippen molar-refractivity contribution >= 4 is 57.3 Å². The Balaban J connectivity index is 1.24. The van der Waals surface area contributed by atoms with Crippen LogP contribution < -0.4 is 16.0 Å². The summed E-state index contributed by atoms with van der Waals surface area (Å²) in [5.41, 5.74) is 1.33. The molecule has 3 N–H and O–H groups in total. The largest absolute Gasteiger partial charge is 0.445 e. The molecule has 1 saturated heterocycles. The van der Waals surface area contributed by atoms with Gasteiger partial charge in [0.1, 0.15) is 41.0 Å². The molecule has 3 aromatic rings. The van der Waals surface area contributed by atoms with E-state index in [-0.39, 0.29) is 35.9 Å². The Labute approximate surface area is 356 Å². The number of likely N-dealkylation sites (N-methyl/N-ethyl adjacent to an activating group) is 1. The van der Waals surface area contributed by atoms with Crippen LogP contribution in [0.2, 0.25) is 0 Å². The maximum Gasteiger partial charge on any atom is 0.410 e. The summed E-state index contributed by atoms with van der Waals surface area (Å²) >= 11 is 1.11. The van der Waals surface area contributed by atoms with E-state index in [9.17, 15) is 28.8 Å². The summed E-state index contributed by atoms with van der Waals surface area (Å²) < 4.78 is 10.8. The fourth-order valence-corrected chi connectivity index (χ4v) is 8.20. The second-order valence-electron chi connectivity index (χ2n) is 16.5. The molecular weight excluding hydrogens is 787 g/mol. The van der Waals surface area contributed by atoms with Gasteiger partial charge in [0.25, 0.3) is 0 Å². The quantitative estimate of drug-likeness (QED) is 0.145. The van der Waals surface area contributed by atoms with Gasteiger partial charge in [-0.05, 0) is 71.3 Å². The highest BCUT2D eigenvalue weighted by Crippen LogP contribution is 2.37. The van der Waals surface area contributed by atoms with Crippen molar-refractivity contribution in [1.29, 1.82) is 0 Å². The average Bonchev–Trinajstić information content (AvgIpc) is 3.89. The Bertz CT molecular complexity index is 1950. The van der Waals surface area contributed by atoms with E-state index in [1.807, 2.05) is 60.7 Å². The third-order valence-electron chi connectivity index (χ3n) is 10.7. The van der Waals surface area contributed by atoms with E-state index in [1.165, 1.54) is 16.8 Å². The number of hydrogen-bond donors (Lipinski definition) is 3. The maximum absolute atomic E-state index is 14.5. The molecule has 1 aliphatic carbocycles. The first-order valence-corrected chi connectivity index (χ1v) is 21.6. The third kappa shape index (κ3) is 12.7. The highest BCUT2D eigenvalue weighted by Gasteiger charge is 2.42. The molecule has 0 bridgehead atoms. The zero-order chi connectivity index (χ0) is 43.4. The van der Waals surface area contributed by atoms with Crippen LogP contribution in [0.1, 0.15) is 91.0 Å². The fraction of sp³-hybridized carbons (Fsp3) is 0.523. The minimum atomic E-state index is -0.913. The van der Waals surface area contributed by atoms with Crippen LogP contribution in [0.3, 0.4) is 0 Å². The van der Waals surface area contributed by atoms with E-state index in [2.05, 4.69) is 20.9 Å². The molecule has 3 atom stereocenters. The molecule has 5 rings (SSSR count). The molecule has 1 aliphatic heterocycles. The highest BCUT2D eigenvalue weighted by molar-refractivity contribution is 7.20. The van der Waals surface area contributed by atoms with Crippen molar-refractivity contribution in [1.82, 2.24) is 25.0 Å². The molecule has 0 spiro atoms. The summed E-state index contributed by atoms with van der Waals surface area (Å²) in [6, 6.07) is 16.1. The molecule has 0 radical (unpaired) electrons. The first-order valence-electron chi connectivity index (χ1n) is 20.8. The molecule has 60 heavy (non-hydrogen) atoms. The third-order valence-corrected chi connectivity index (χ3v) is 11.6. The van der Waals surface area contributed by atoms with Crippen molar-refractivity contribution in [2.75, 3.05) is 37.8 Å². The van der Waals surface area contributed by atoms with Crippen LogP contribution in [0.15, 0.2) is 60.7 Å². The summed E-state index contributed by atoms with van der Waals surface area (Å²) in [4.78, 5) is 89.4. The zero-order valence-electron chi connectivity index (χ0n) is 35.5. The van der Waals surface area contributed by atoms with Gasteiger partial charge in [0.15, 0.2) is 5.13 Å². The van der Waals surface area contributed by atoms with Gasteiger partial charge in [-0.25, -0.2) is 14.6 Å². The zero-order valence-corrected chi connectivity index (χ0v) is 36.3. The van der Waals surface area contributed by atoms with Crippen LogP contribution in [0.5, 0.6) is 0 Å².